The molecule has 1 aliphatic heterocycles. The fourth-order valence-corrected chi connectivity index (χ4v) is 4.28. The quantitative estimate of drug-likeness (QED) is 0.664. The summed E-state index contributed by atoms with van der Waals surface area (Å²) in [5.74, 6) is -0.0977. The van der Waals surface area contributed by atoms with Crippen LogP contribution in [0.3, 0.4) is 0 Å². The summed E-state index contributed by atoms with van der Waals surface area (Å²) in [5, 5.41) is 10.9. The molecule has 3 aromatic rings. The third-order valence-corrected chi connectivity index (χ3v) is 5.96. The summed E-state index contributed by atoms with van der Waals surface area (Å²) in [4.78, 5) is 18.2. The van der Waals surface area contributed by atoms with Crippen LogP contribution in [0.4, 0.5) is 0 Å². The van der Waals surface area contributed by atoms with Crippen LogP contribution < -0.4 is 11.1 Å². The summed E-state index contributed by atoms with van der Waals surface area (Å²) in [5.41, 5.74) is 1.59. The van der Waals surface area contributed by atoms with Crippen molar-refractivity contribution in [3.63, 3.8) is 0 Å². The molecule has 2 N–H and O–H groups in total. The Morgan fingerprint density at radius 2 is 2.19 bits per heavy atom. The molecule has 2 atom stereocenters. The Labute approximate surface area is 168 Å². The SMILES string of the molecule is O=c1[nH]c(-c2csc(C[C@@H]3CNCCO[C@H]3c3ccc(Cl)c(Cl)c3)n2)no1. The molecule has 1 aliphatic rings. The molecular weight excluding hydrogens is 411 g/mol. The fourth-order valence-electron chi connectivity index (χ4n) is 3.10. The van der Waals surface area contributed by atoms with Gasteiger partial charge >= 0.3 is 5.76 Å². The van der Waals surface area contributed by atoms with Gasteiger partial charge in [-0.25, -0.2) is 9.78 Å². The monoisotopic (exact) mass is 426 g/mol. The number of rotatable bonds is 4. The number of hydrogen-bond acceptors (Lipinski definition) is 7. The highest BCUT2D eigenvalue weighted by Crippen LogP contribution is 2.34. The molecule has 0 spiro atoms. The zero-order valence-electron chi connectivity index (χ0n) is 14.1. The molecule has 10 heteroatoms. The lowest BCUT2D eigenvalue weighted by atomic mass is 9.93. The van der Waals surface area contributed by atoms with Gasteiger partial charge in [0, 0.05) is 30.8 Å². The van der Waals surface area contributed by atoms with Gasteiger partial charge in [0.2, 0.25) is 5.82 Å². The number of nitrogens with one attached hydrogen (secondary N) is 2. The van der Waals surface area contributed by atoms with E-state index in [1.54, 1.807) is 6.07 Å². The van der Waals surface area contributed by atoms with E-state index in [2.05, 4.69) is 25.0 Å². The van der Waals surface area contributed by atoms with Gasteiger partial charge in [0.05, 0.1) is 27.8 Å². The second kappa shape index (κ2) is 8.12. The molecule has 0 amide bonds. The van der Waals surface area contributed by atoms with Gasteiger partial charge in [-0.15, -0.1) is 11.3 Å². The number of H-pyrrole nitrogens is 1. The van der Waals surface area contributed by atoms with Crippen LogP contribution in [0.15, 0.2) is 32.9 Å². The van der Waals surface area contributed by atoms with Crippen molar-refractivity contribution in [2.24, 2.45) is 5.92 Å². The van der Waals surface area contributed by atoms with Gasteiger partial charge in [-0.1, -0.05) is 34.4 Å². The van der Waals surface area contributed by atoms with Gasteiger partial charge in [0.15, 0.2) is 0 Å². The largest absolute Gasteiger partial charge is 0.439 e. The molecule has 0 saturated carbocycles. The van der Waals surface area contributed by atoms with Gasteiger partial charge in [0.25, 0.3) is 0 Å². The number of benzene rings is 1. The molecule has 2 aromatic heterocycles. The molecular formula is C17H16Cl2N4O3S. The van der Waals surface area contributed by atoms with E-state index in [4.69, 9.17) is 27.9 Å². The summed E-state index contributed by atoms with van der Waals surface area (Å²) in [6.45, 7) is 2.20. The van der Waals surface area contributed by atoms with Gasteiger partial charge < -0.3 is 10.1 Å². The molecule has 0 unspecified atom stereocenters. The molecule has 142 valence electrons. The zero-order chi connectivity index (χ0) is 18.8. The smallest absolute Gasteiger partial charge is 0.372 e. The van der Waals surface area contributed by atoms with E-state index in [9.17, 15) is 4.79 Å². The number of aromatic nitrogens is 3. The van der Waals surface area contributed by atoms with Gasteiger partial charge in [-0.3, -0.25) is 9.51 Å². The molecule has 1 aromatic carbocycles. The van der Waals surface area contributed by atoms with Crippen LogP contribution in [-0.2, 0) is 11.2 Å². The minimum Gasteiger partial charge on any atom is -0.372 e. The molecule has 7 nitrogen and oxygen atoms in total. The Balaban J connectivity index is 1.57. The predicted octanol–water partition coefficient (Wildman–Crippen LogP) is 3.31. The number of thiazole rings is 1. The molecule has 0 aliphatic carbocycles. The van der Waals surface area contributed by atoms with E-state index in [1.165, 1.54) is 11.3 Å². The highest BCUT2D eigenvalue weighted by molar-refractivity contribution is 7.09. The Bertz CT molecular complexity index is 986. The average Bonchev–Trinajstić information content (AvgIpc) is 3.22. The van der Waals surface area contributed by atoms with Crippen molar-refractivity contribution in [2.45, 2.75) is 12.5 Å². The zero-order valence-corrected chi connectivity index (χ0v) is 16.4. The van der Waals surface area contributed by atoms with E-state index in [-0.39, 0.29) is 12.0 Å². The first-order valence-electron chi connectivity index (χ1n) is 8.38. The lowest BCUT2D eigenvalue weighted by Crippen LogP contribution is -2.26. The van der Waals surface area contributed by atoms with Crippen LogP contribution in [0.1, 0.15) is 16.7 Å². The van der Waals surface area contributed by atoms with E-state index < -0.39 is 5.76 Å². The Hall–Kier alpha value is -1.71. The number of ether oxygens (including phenoxy) is 1. The van der Waals surface area contributed by atoms with Gasteiger partial charge in [-0.2, -0.15) is 0 Å². The van der Waals surface area contributed by atoms with Crippen LogP contribution in [0.5, 0.6) is 0 Å². The van der Waals surface area contributed by atoms with Crippen molar-refractivity contribution in [3.8, 4) is 11.5 Å². The van der Waals surface area contributed by atoms with Crippen LogP contribution in [0.2, 0.25) is 10.0 Å². The van der Waals surface area contributed by atoms with E-state index >= 15 is 0 Å². The van der Waals surface area contributed by atoms with Crippen LogP contribution in [0.25, 0.3) is 11.5 Å². The topological polar surface area (TPSA) is 93.0 Å². The van der Waals surface area contributed by atoms with Crippen molar-refractivity contribution in [2.75, 3.05) is 19.7 Å². The summed E-state index contributed by atoms with van der Waals surface area (Å²) in [6.07, 6.45) is 0.596. The summed E-state index contributed by atoms with van der Waals surface area (Å²) in [7, 11) is 0. The van der Waals surface area contributed by atoms with Gasteiger partial charge in [-0.05, 0) is 17.7 Å². The summed E-state index contributed by atoms with van der Waals surface area (Å²) < 4.78 is 10.6. The second-order valence-corrected chi connectivity index (χ2v) is 7.96. The summed E-state index contributed by atoms with van der Waals surface area (Å²) >= 11 is 13.8. The molecule has 1 saturated heterocycles. The van der Waals surface area contributed by atoms with Crippen LogP contribution >= 0.6 is 34.5 Å². The fraction of sp³-hybridized carbons (Fsp3) is 0.353. The number of aromatic amines is 1. The third-order valence-electron chi connectivity index (χ3n) is 4.35. The minimum atomic E-state index is -0.597. The van der Waals surface area contributed by atoms with Crippen LogP contribution in [0, 0.1) is 5.92 Å². The van der Waals surface area contributed by atoms with Crippen molar-refractivity contribution >= 4 is 34.5 Å². The maximum absolute atomic E-state index is 11.1. The first-order chi connectivity index (χ1) is 13.1. The van der Waals surface area contributed by atoms with E-state index in [1.807, 2.05) is 17.5 Å². The summed E-state index contributed by atoms with van der Waals surface area (Å²) in [6, 6.07) is 5.60. The Kier molecular flexibility index (Phi) is 5.60. The molecule has 0 bridgehead atoms. The number of halogens is 2. The highest BCUT2D eigenvalue weighted by Gasteiger charge is 2.28. The first-order valence-corrected chi connectivity index (χ1v) is 10.0. The molecule has 1 fully saturated rings. The normalized spacial score (nSPS) is 20.5. The van der Waals surface area contributed by atoms with Crippen molar-refractivity contribution in [1.82, 2.24) is 20.4 Å². The molecule has 27 heavy (non-hydrogen) atoms. The Morgan fingerprint density at radius 1 is 1.30 bits per heavy atom. The minimum absolute atomic E-state index is 0.117. The van der Waals surface area contributed by atoms with E-state index in [0.717, 1.165) is 23.7 Å². The van der Waals surface area contributed by atoms with Crippen LogP contribution in [-0.4, -0.2) is 34.8 Å². The standard InChI is InChI=1S/C17H16Cl2N4O3S/c18-11-2-1-9(5-12(11)19)15-10(7-20-3-4-25-15)6-14-21-13(8-27-14)16-22-17(24)26-23-16/h1-2,5,8,10,15,20H,3-4,6-7H2,(H,22,23,24)/t10-,15+/m1/s1. The predicted molar refractivity (Wildman–Crippen MR) is 103 cm³/mol. The van der Waals surface area contributed by atoms with Gasteiger partial charge in [0.1, 0.15) is 5.69 Å². The molecule has 0 radical (unpaired) electrons. The number of hydrogen-bond donors (Lipinski definition) is 2. The second-order valence-electron chi connectivity index (χ2n) is 6.20. The highest BCUT2D eigenvalue weighted by atomic mass is 35.5. The maximum atomic E-state index is 11.1. The molecule has 4 rings (SSSR count). The first kappa shape index (κ1) is 18.6. The number of nitrogens with zero attached hydrogens (tertiary/aromatic N) is 2. The lowest BCUT2D eigenvalue weighted by Gasteiger charge is -2.24. The van der Waals surface area contributed by atoms with Crippen molar-refractivity contribution < 1.29 is 9.26 Å². The lowest BCUT2D eigenvalue weighted by molar-refractivity contribution is 0.0307. The Morgan fingerprint density at radius 3 is 2.96 bits per heavy atom. The van der Waals surface area contributed by atoms with Crippen molar-refractivity contribution in [1.29, 1.82) is 0 Å². The average molecular weight is 427 g/mol. The van der Waals surface area contributed by atoms with Crippen molar-refractivity contribution in [3.05, 3.63) is 54.7 Å². The maximum Gasteiger partial charge on any atom is 0.439 e. The van der Waals surface area contributed by atoms with E-state index in [0.29, 0.717) is 34.6 Å². The third kappa shape index (κ3) is 4.25. The molecule has 3 heterocycles.